The SMILES string of the molecule is COCC(=O)N1CCCCCCCN(Cc2cccn2Cc2ccc(OC)cc2)Cc2cc(-c3ccncc3)ccc21. The number of hydrogen-bond acceptors (Lipinski definition) is 5. The maximum absolute atomic E-state index is 13.3. The smallest absolute Gasteiger partial charge is 0.252 e. The molecular weight excluding hydrogens is 524 g/mol. The second-order valence-electron chi connectivity index (χ2n) is 11.0. The number of benzene rings is 2. The van der Waals surface area contributed by atoms with Crippen LogP contribution in [0.3, 0.4) is 0 Å². The summed E-state index contributed by atoms with van der Waals surface area (Å²) in [6.07, 6.45) is 11.5. The van der Waals surface area contributed by atoms with Gasteiger partial charge in [0, 0.05) is 63.3 Å². The molecular formula is C35H42N4O3. The second-order valence-corrected chi connectivity index (χ2v) is 11.0. The van der Waals surface area contributed by atoms with Crippen molar-refractivity contribution >= 4 is 11.6 Å². The van der Waals surface area contributed by atoms with Crippen LogP contribution < -0.4 is 9.64 Å². The van der Waals surface area contributed by atoms with E-state index in [-0.39, 0.29) is 12.5 Å². The van der Waals surface area contributed by atoms with E-state index in [1.165, 1.54) is 24.1 Å². The van der Waals surface area contributed by atoms with Crippen LogP contribution in [-0.4, -0.2) is 54.3 Å². The Morgan fingerprint density at radius 2 is 1.60 bits per heavy atom. The molecule has 2 aromatic carbocycles. The number of hydrogen-bond donors (Lipinski definition) is 0. The molecule has 0 saturated heterocycles. The Balaban J connectivity index is 1.46. The molecule has 42 heavy (non-hydrogen) atoms. The molecule has 0 radical (unpaired) electrons. The Hall–Kier alpha value is -3.94. The van der Waals surface area contributed by atoms with Crippen LogP contribution in [0.25, 0.3) is 11.1 Å². The number of ether oxygens (including phenoxy) is 2. The fraction of sp³-hybridized carbons (Fsp3) is 0.371. The van der Waals surface area contributed by atoms with Gasteiger partial charge < -0.3 is 18.9 Å². The quantitative estimate of drug-likeness (QED) is 0.242. The molecule has 1 aliphatic rings. The summed E-state index contributed by atoms with van der Waals surface area (Å²) < 4.78 is 13.0. The highest BCUT2D eigenvalue weighted by atomic mass is 16.5. The number of nitrogens with zero attached hydrogens (tertiary/aromatic N) is 4. The fourth-order valence-corrected chi connectivity index (χ4v) is 5.77. The number of aromatic nitrogens is 2. The minimum Gasteiger partial charge on any atom is -0.497 e. The highest BCUT2D eigenvalue weighted by Gasteiger charge is 2.22. The van der Waals surface area contributed by atoms with Crippen molar-refractivity contribution in [1.29, 1.82) is 0 Å². The molecule has 0 bridgehead atoms. The molecule has 0 saturated carbocycles. The van der Waals surface area contributed by atoms with Crippen molar-refractivity contribution < 1.29 is 14.3 Å². The monoisotopic (exact) mass is 566 g/mol. The molecule has 7 heteroatoms. The normalized spacial score (nSPS) is 15.0. The zero-order valence-electron chi connectivity index (χ0n) is 24.9. The van der Waals surface area contributed by atoms with Crippen LogP contribution in [0, 0.1) is 0 Å². The van der Waals surface area contributed by atoms with Crippen LogP contribution in [0.2, 0.25) is 0 Å². The van der Waals surface area contributed by atoms with E-state index in [1.54, 1.807) is 14.2 Å². The predicted molar refractivity (Wildman–Crippen MR) is 168 cm³/mol. The average molecular weight is 567 g/mol. The Morgan fingerprint density at radius 3 is 2.36 bits per heavy atom. The van der Waals surface area contributed by atoms with Crippen LogP contribution in [0.1, 0.15) is 48.9 Å². The van der Waals surface area contributed by atoms with Crippen LogP contribution in [-0.2, 0) is 29.2 Å². The predicted octanol–water partition coefficient (Wildman–Crippen LogP) is 6.55. The van der Waals surface area contributed by atoms with Crippen molar-refractivity contribution in [3.8, 4) is 16.9 Å². The topological polar surface area (TPSA) is 59.8 Å². The summed E-state index contributed by atoms with van der Waals surface area (Å²) >= 11 is 0. The molecule has 0 unspecified atom stereocenters. The van der Waals surface area contributed by atoms with Gasteiger partial charge in [0.1, 0.15) is 12.4 Å². The van der Waals surface area contributed by atoms with E-state index in [2.05, 4.69) is 63.1 Å². The number of fused-ring (bicyclic) bond motifs is 1. The lowest BCUT2D eigenvalue weighted by molar-refractivity contribution is -0.122. The molecule has 0 aliphatic carbocycles. The molecule has 2 aromatic heterocycles. The lowest BCUT2D eigenvalue weighted by Crippen LogP contribution is -2.36. The number of anilines is 1. The number of amides is 1. The van der Waals surface area contributed by atoms with Gasteiger partial charge in [-0.25, -0.2) is 0 Å². The summed E-state index contributed by atoms with van der Waals surface area (Å²) in [5.74, 6) is 0.876. The third-order valence-corrected chi connectivity index (χ3v) is 8.02. The minimum absolute atomic E-state index is 0.00684. The van der Waals surface area contributed by atoms with Gasteiger partial charge in [-0.15, -0.1) is 0 Å². The van der Waals surface area contributed by atoms with Gasteiger partial charge in [0.15, 0.2) is 0 Å². The van der Waals surface area contributed by atoms with Crippen LogP contribution in [0.4, 0.5) is 5.69 Å². The lowest BCUT2D eigenvalue weighted by atomic mass is 10.0. The van der Waals surface area contributed by atoms with Crippen molar-refractivity contribution in [1.82, 2.24) is 14.5 Å². The molecule has 1 amide bonds. The van der Waals surface area contributed by atoms with Crippen LogP contribution in [0.15, 0.2) is 85.3 Å². The first-order valence-electron chi connectivity index (χ1n) is 15.0. The molecule has 1 aliphatic heterocycles. The van der Waals surface area contributed by atoms with E-state index in [4.69, 9.17) is 9.47 Å². The molecule has 4 aromatic rings. The van der Waals surface area contributed by atoms with E-state index in [0.717, 1.165) is 73.6 Å². The van der Waals surface area contributed by atoms with E-state index >= 15 is 0 Å². The van der Waals surface area contributed by atoms with E-state index in [1.807, 2.05) is 41.6 Å². The molecule has 3 heterocycles. The fourth-order valence-electron chi connectivity index (χ4n) is 5.77. The van der Waals surface area contributed by atoms with Crippen LogP contribution >= 0.6 is 0 Å². The summed E-state index contributed by atoms with van der Waals surface area (Å²) in [5, 5.41) is 0. The zero-order valence-corrected chi connectivity index (χ0v) is 24.9. The summed E-state index contributed by atoms with van der Waals surface area (Å²) in [6, 6.07) is 23.2. The summed E-state index contributed by atoms with van der Waals surface area (Å²) in [5.41, 5.74) is 6.90. The summed E-state index contributed by atoms with van der Waals surface area (Å²) in [6.45, 7) is 4.16. The van der Waals surface area contributed by atoms with Gasteiger partial charge in [0.2, 0.25) is 0 Å². The Kier molecular flexibility index (Phi) is 10.4. The molecule has 0 fully saturated rings. The second kappa shape index (κ2) is 14.8. The molecule has 7 nitrogen and oxygen atoms in total. The highest BCUT2D eigenvalue weighted by molar-refractivity contribution is 5.95. The molecule has 220 valence electrons. The van der Waals surface area contributed by atoms with Gasteiger partial charge in [-0.05, 0) is 90.2 Å². The summed E-state index contributed by atoms with van der Waals surface area (Å²) in [4.78, 5) is 22.0. The largest absolute Gasteiger partial charge is 0.497 e. The van der Waals surface area contributed by atoms with E-state index in [0.29, 0.717) is 6.54 Å². The number of rotatable bonds is 8. The van der Waals surface area contributed by atoms with Crippen molar-refractivity contribution in [3.63, 3.8) is 0 Å². The maximum atomic E-state index is 13.3. The summed E-state index contributed by atoms with van der Waals surface area (Å²) in [7, 11) is 3.28. The number of carbonyl (C=O) groups is 1. The zero-order chi connectivity index (χ0) is 29.1. The first-order valence-corrected chi connectivity index (χ1v) is 15.0. The number of methoxy groups -OCH3 is 2. The highest BCUT2D eigenvalue weighted by Crippen LogP contribution is 2.30. The first kappa shape index (κ1) is 29.5. The molecule has 0 N–H and O–H groups in total. The molecule has 0 atom stereocenters. The van der Waals surface area contributed by atoms with Crippen molar-refractivity contribution in [2.75, 3.05) is 38.8 Å². The Labute approximate surface area is 249 Å². The van der Waals surface area contributed by atoms with Gasteiger partial charge >= 0.3 is 0 Å². The van der Waals surface area contributed by atoms with Gasteiger partial charge in [0.25, 0.3) is 5.91 Å². The van der Waals surface area contributed by atoms with Crippen molar-refractivity contribution in [2.24, 2.45) is 0 Å². The van der Waals surface area contributed by atoms with Gasteiger partial charge in [-0.2, -0.15) is 0 Å². The standard InChI is InChI=1S/C35H42N4O3/c1-41-27-35(40)39-22-7-5-3-4-6-20-37(25-31-23-30(12-15-34(31)39)29-16-18-36-19-17-29)26-32-9-8-21-38(32)24-28-10-13-33(42-2)14-11-28/h8-19,21,23H,3-7,20,22,24-27H2,1-2H3. The van der Waals surface area contributed by atoms with Gasteiger partial charge in [0.05, 0.1) is 7.11 Å². The molecule has 0 spiro atoms. The average Bonchev–Trinajstić information content (AvgIpc) is 3.45. The Bertz CT molecular complexity index is 1420. The molecule has 5 rings (SSSR count). The van der Waals surface area contributed by atoms with E-state index < -0.39 is 0 Å². The maximum Gasteiger partial charge on any atom is 0.252 e. The van der Waals surface area contributed by atoms with Gasteiger partial charge in [-0.3, -0.25) is 14.7 Å². The van der Waals surface area contributed by atoms with Crippen LogP contribution in [0.5, 0.6) is 5.75 Å². The third kappa shape index (κ3) is 7.66. The Morgan fingerprint density at radius 1 is 0.833 bits per heavy atom. The number of pyridine rings is 1. The van der Waals surface area contributed by atoms with E-state index in [9.17, 15) is 4.79 Å². The lowest BCUT2D eigenvalue weighted by Gasteiger charge is -2.30. The van der Waals surface area contributed by atoms with Gasteiger partial charge in [-0.1, -0.05) is 37.5 Å². The number of carbonyl (C=O) groups excluding carboxylic acids is 1. The van der Waals surface area contributed by atoms with Crippen molar-refractivity contribution in [2.45, 2.75) is 51.7 Å². The van der Waals surface area contributed by atoms with Crippen molar-refractivity contribution in [3.05, 3.63) is 102 Å². The minimum atomic E-state index is 0.00684. The third-order valence-electron chi connectivity index (χ3n) is 8.02. The first-order chi connectivity index (χ1) is 20.6.